The molecule has 1 aromatic rings. The quantitative estimate of drug-likeness (QED) is 0.652. The number of ether oxygens (including phenoxy) is 2. The van der Waals surface area contributed by atoms with E-state index in [0.717, 1.165) is 20.2 Å². The molecule has 3 heterocycles. The van der Waals surface area contributed by atoms with E-state index in [4.69, 9.17) is 9.47 Å². The fourth-order valence-corrected chi connectivity index (χ4v) is 3.28. The number of halogens is 3. The maximum atomic E-state index is 14.3. The normalized spacial score (nSPS) is 20.5. The van der Waals surface area contributed by atoms with Gasteiger partial charge in [0.1, 0.15) is 12.8 Å². The first-order valence-corrected chi connectivity index (χ1v) is 7.72. The number of cyclic esters (lactones) is 1. The van der Waals surface area contributed by atoms with E-state index in [1.807, 2.05) is 0 Å². The van der Waals surface area contributed by atoms with Crippen molar-refractivity contribution in [3.63, 3.8) is 0 Å². The van der Waals surface area contributed by atoms with Crippen molar-refractivity contribution in [2.75, 3.05) is 13.7 Å². The lowest BCUT2D eigenvalue weighted by Crippen LogP contribution is -2.31. The maximum absolute atomic E-state index is 14.3. The van der Waals surface area contributed by atoms with Gasteiger partial charge in [-0.1, -0.05) is 0 Å². The van der Waals surface area contributed by atoms with E-state index in [1.54, 1.807) is 6.92 Å². The van der Waals surface area contributed by atoms with E-state index in [2.05, 4.69) is 10.3 Å². The zero-order chi connectivity index (χ0) is 19.2. The molecule has 0 aliphatic carbocycles. The Balaban J connectivity index is 2.31. The van der Waals surface area contributed by atoms with Gasteiger partial charge in [0.25, 0.3) is 0 Å². The van der Waals surface area contributed by atoms with Crippen LogP contribution in [0.15, 0.2) is 28.7 Å². The number of nitrogens with one attached hydrogen (secondary N) is 1. The number of rotatable bonds is 3. The lowest BCUT2D eigenvalue weighted by Gasteiger charge is -2.28. The van der Waals surface area contributed by atoms with Gasteiger partial charge >= 0.3 is 11.9 Å². The average molecular weight is 368 g/mol. The monoisotopic (exact) mass is 368 g/mol. The summed E-state index contributed by atoms with van der Waals surface area (Å²) in [5.41, 5.74) is -0.0457. The van der Waals surface area contributed by atoms with E-state index in [1.165, 1.54) is 0 Å². The molecule has 2 atom stereocenters. The van der Waals surface area contributed by atoms with Crippen molar-refractivity contribution in [3.05, 3.63) is 51.6 Å². The molecule has 6 nitrogen and oxygen atoms in total. The van der Waals surface area contributed by atoms with E-state index in [0.29, 0.717) is 11.4 Å². The average Bonchev–Trinajstić information content (AvgIpc) is 2.95. The fraction of sp³-hybridized carbons (Fsp3) is 0.353. The summed E-state index contributed by atoms with van der Waals surface area (Å²) in [4.78, 5) is 27.8. The summed E-state index contributed by atoms with van der Waals surface area (Å²) in [6.45, 7) is 2.50. The third-order valence-corrected chi connectivity index (χ3v) is 4.37. The number of allylic oxidation sites excluding steroid dienone is 1. The van der Waals surface area contributed by atoms with Crippen LogP contribution >= 0.6 is 0 Å². The highest BCUT2D eigenvalue weighted by Gasteiger charge is 2.43. The number of dihydropyridines is 1. The number of esters is 2. The third kappa shape index (κ3) is 2.63. The van der Waals surface area contributed by atoms with Crippen molar-refractivity contribution >= 4 is 11.9 Å². The molecule has 0 saturated heterocycles. The van der Waals surface area contributed by atoms with Crippen molar-refractivity contribution in [1.82, 2.24) is 10.3 Å². The Kier molecular flexibility index (Phi) is 4.47. The van der Waals surface area contributed by atoms with Crippen molar-refractivity contribution in [2.24, 2.45) is 0 Å². The Morgan fingerprint density at radius 2 is 2.15 bits per heavy atom. The van der Waals surface area contributed by atoms with Gasteiger partial charge < -0.3 is 14.8 Å². The molecule has 0 fully saturated rings. The van der Waals surface area contributed by atoms with Crippen molar-refractivity contribution in [2.45, 2.75) is 25.9 Å². The number of hydrogen-bond acceptors (Lipinski definition) is 6. The van der Waals surface area contributed by atoms with Gasteiger partial charge in [0, 0.05) is 17.5 Å². The predicted octanol–water partition coefficient (Wildman–Crippen LogP) is 2.33. The molecule has 0 amide bonds. The minimum absolute atomic E-state index is 0.0192. The van der Waals surface area contributed by atoms with Gasteiger partial charge in [-0.25, -0.2) is 23.4 Å². The van der Waals surface area contributed by atoms with Crippen LogP contribution in [0.1, 0.15) is 37.1 Å². The first-order valence-electron chi connectivity index (χ1n) is 7.72. The van der Waals surface area contributed by atoms with Crippen LogP contribution in [-0.4, -0.2) is 30.6 Å². The Morgan fingerprint density at radius 3 is 2.77 bits per heavy atom. The number of hydrogen-bond donors (Lipinski definition) is 1. The molecular formula is C17H15F3N2O4. The van der Waals surface area contributed by atoms with E-state index >= 15 is 0 Å². The second-order valence-electron chi connectivity index (χ2n) is 5.90. The minimum atomic E-state index is -1.90. The Labute approximate surface area is 146 Å². The van der Waals surface area contributed by atoms with Gasteiger partial charge in [0.15, 0.2) is 5.82 Å². The van der Waals surface area contributed by atoms with Crippen LogP contribution in [0, 0.1) is 11.8 Å². The first kappa shape index (κ1) is 18.0. The van der Waals surface area contributed by atoms with Crippen LogP contribution < -0.4 is 5.32 Å². The highest BCUT2D eigenvalue weighted by atomic mass is 19.2. The van der Waals surface area contributed by atoms with Crippen LogP contribution in [0.2, 0.25) is 0 Å². The molecule has 1 aromatic heterocycles. The topological polar surface area (TPSA) is 77.5 Å². The van der Waals surface area contributed by atoms with Crippen molar-refractivity contribution < 1.29 is 32.2 Å². The Hall–Kier alpha value is -2.84. The molecule has 0 radical (unpaired) electrons. The largest absolute Gasteiger partial charge is 0.466 e. The summed E-state index contributed by atoms with van der Waals surface area (Å²) in [5.74, 6) is -5.66. The molecule has 26 heavy (non-hydrogen) atoms. The summed E-state index contributed by atoms with van der Waals surface area (Å²) in [6.07, 6.45) is -0.982. The van der Waals surface area contributed by atoms with Crippen LogP contribution in [0.4, 0.5) is 13.2 Å². The summed E-state index contributed by atoms with van der Waals surface area (Å²) < 4.78 is 51.7. The molecule has 2 aliphatic heterocycles. The zero-order valence-corrected chi connectivity index (χ0v) is 14.2. The van der Waals surface area contributed by atoms with Crippen LogP contribution in [0.5, 0.6) is 0 Å². The molecular weight excluding hydrogens is 353 g/mol. The number of nitrogens with zero attached hydrogens (tertiary/aromatic N) is 1. The number of pyridine rings is 1. The second kappa shape index (κ2) is 6.47. The minimum Gasteiger partial charge on any atom is -0.466 e. The molecule has 138 valence electrons. The lowest BCUT2D eigenvalue weighted by molar-refractivity contribution is -0.136. The Morgan fingerprint density at radius 1 is 1.46 bits per heavy atom. The Bertz CT molecular complexity index is 877. The van der Waals surface area contributed by atoms with Gasteiger partial charge in [-0.3, -0.25) is 0 Å². The van der Waals surface area contributed by atoms with Crippen molar-refractivity contribution in [1.29, 1.82) is 0 Å². The van der Waals surface area contributed by atoms with E-state index in [-0.39, 0.29) is 23.3 Å². The third-order valence-electron chi connectivity index (χ3n) is 4.37. The summed E-state index contributed by atoms with van der Waals surface area (Å²) in [7, 11) is 1.14. The zero-order valence-electron chi connectivity index (χ0n) is 14.2. The summed E-state index contributed by atoms with van der Waals surface area (Å²) in [6, 6.07) is 0. The lowest BCUT2D eigenvalue weighted by atomic mass is 9.79. The fourth-order valence-electron chi connectivity index (χ4n) is 3.28. The molecule has 0 aromatic carbocycles. The predicted molar refractivity (Wildman–Crippen MR) is 82.3 cm³/mol. The molecule has 0 bridgehead atoms. The maximum Gasteiger partial charge on any atom is 0.337 e. The number of carbonyl (C=O) groups excluding carboxylic acids is 2. The van der Waals surface area contributed by atoms with Crippen LogP contribution in [0.25, 0.3) is 0 Å². The van der Waals surface area contributed by atoms with Gasteiger partial charge in [0.05, 0.1) is 29.9 Å². The number of alkyl halides is 1. The van der Waals surface area contributed by atoms with Gasteiger partial charge in [0.2, 0.25) is 5.95 Å². The van der Waals surface area contributed by atoms with Gasteiger partial charge in [-0.2, -0.15) is 4.39 Å². The molecule has 0 spiro atoms. The smallest absolute Gasteiger partial charge is 0.337 e. The highest BCUT2D eigenvalue weighted by molar-refractivity contribution is 6.01. The van der Waals surface area contributed by atoms with Gasteiger partial charge in [-0.05, 0) is 19.4 Å². The van der Waals surface area contributed by atoms with E-state index in [9.17, 15) is 22.8 Å². The molecule has 0 unspecified atom stereocenters. The SMILES string of the molecule is COC(=O)C1=C(C)NC2=C(C(=O)OC2)[C@H]1c1cnc(F)c(F)c1[C@@H](C)F. The molecule has 1 N–H and O–H groups in total. The first-order chi connectivity index (χ1) is 12.3. The number of methoxy groups -OCH3 is 1. The van der Waals surface area contributed by atoms with Gasteiger partial charge in [-0.15, -0.1) is 0 Å². The van der Waals surface area contributed by atoms with Crippen LogP contribution in [0.3, 0.4) is 0 Å². The second-order valence-corrected chi connectivity index (χ2v) is 5.90. The number of carbonyl (C=O) groups is 2. The molecule has 2 aliphatic rings. The highest BCUT2D eigenvalue weighted by Crippen LogP contribution is 2.44. The number of aromatic nitrogens is 1. The standard InChI is InChI=1S/C17H15F3N2O4/c1-6(18)10-8(4-21-15(20)14(10)19)12-11(16(23)25-3)7(2)22-9-5-26-17(24)13(9)12/h4,6,12,22H,5H2,1-3H3/t6-,12+/m1/s1. The molecule has 9 heteroatoms. The van der Waals surface area contributed by atoms with Crippen molar-refractivity contribution in [3.8, 4) is 0 Å². The summed E-state index contributed by atoms with van der Waals surface area (Å²) in [5, 5.41) is 2.88. The summed E-state index contributed by atoms with van der Waals surface area (Å²) >= 11 is 0. The molecule has 0 saturated carbocycles. The van der Waals surface area contributed by atoms with E-state index < -0.39 is 41.4 Å². The molecule has 3 rings (SSSR count). The van der Waals surface area contributed by atoms with Crippen LogP contribution in [-0.2, 0) is 19.1 Å².